The van der Waals surface area contributed by atoms with Crippen LogP contribution in [0.1, 0.15) is 5.56 Å². The number of anilines is 1. The van der Waals surface area contributed by atoms with E-state index in [2.05, 4.69) is 14.6 Å². The first-order chi connectivity index (χ1) is 15.1. The lowest BCUT2D eigenvalue weighted by Crippen LogP contribution is -2.46. The molecular weight excluding hydrogens is 472 g/mol. The first kappa shape index (κ1) is 22.9. The number of piperazine rings is 1. The second-order valence-electron chi connectivity index (χ2n) is 7.62. The molecule has 32 heavy (non-hydrogen) atoms. The predicted octanol–water partition coefficient (Wildman–Crippen LogP) is 2.35. The van der Waals surface area contributed by atoms with Gasteiger partial charge in [-0.3, -0.25) is 4.72 Å². The highest BCUT2D eigenvalue weighted by Gasteiger charge is 2.28. The topological polar surface area (TPSA) is 109 Å². The number of aryl methyl sites for hydroxylation is 1. The van der Waals surface area contributed by atoms with Gasteiger partial charge in [0.25, 0.3) is 10.0 Å². The molecular formula is C20H24N4O5S3. The zero-order chi connectivity index (χ0) is 23.1. The highest BCUT2D eigenvalue weighted by molar-refractivity contribution is 7.93. The maximum absolute atomic E-state index is 13.0. The van der Waals surface area contributed by atoms with Crippen molar-refractivity contribution in [2.24, 2.45) is 0 Å². The quantitative estimate of drug-likeness (QED) is 0.558. The van der Waals surface area contributed by atoms with Gasteiger partial charge in [-0.2, -0.15) is 4.31 Å². The van der Waals surface area contributed by atoms with Crippen molar-refractivity contribution in [3.8, 4) is 5.75 Å². The Balaban J connectivity index is 1.63. The Morgan fingerprint density at radius 1 is 1.03 bits per heavy atom. The summed E-state index contributed by atoms with van der Waals surface area (Å²) in [6.07, 6.45) is 0. The van der Waals surface area contributed by atoms with Gasteiger partial charge in [-0.05, 0) is 49.9 Å². The molecule has 9 nitrogen and oxygen atoms in total. The first-order valence-electron chi connectivity index (χ1n) is 9.87. The zero-order valence-electron chi connectivity index (χ0n) is 17.9. The van der Waals surface area contributed by atoms with Crippen molar-refractivity contribution in [1.82, 2.24) is 14.2 Å². The van der Waals surface area contributed by atoms with E-state index in [0.29, 0.717) is 36.4 Å². The van der Waals surface area contributed by atoms with Crippen molar-refractivity contribution in [3.63, 3.8) is 0 Å². The summed E-state index contributed by atoms with van der Waals surface area (Å²) >= 11 is 1.08. The van der Waals surface area contributed by atoms with Crippen LogP contribution >= 0.6 is 11.3 Å². The summed E-state index contributed by atoms with van der Waals surface area (Å²) in [5.41, 5.74) is 1.29. The SMILES string of the molecule is COc1ccc(C)cc1S(=O)(=O)Nc1nc2ccc(S(=O)(=O)N3CCN(C)CC3)cc2s1. The van der Waals surface area contributed by atoms with E-state index in [-0.39, 0.29) is 20.7 Å². The second kappa shape index (κ2) is 8.60. The van der Waals surface area contributed by atoms with Gasteiger partial charge in [0.05, 0.1) is 22.2 Å². The highest BCUT2D eigenvalue weighted by atomic mass is 32.2. The number of likely N-dealkylation sites (N-methyl/N-ethyl adjacent to an activating group) is 1. The lowest BCUT2D eigenvalue weighted by Gasteiger charge is -2.31. The van der Waals surface area contributed by atoms with Crippen molar-refractivity contribution < 1.29 is 21.6 Å². The molecule has 0 aliphatic carbocycles. The van der Waals surface area contributed by atoms with Gasteiger partial charge in [-0.15, -0.1) is 0 Å². The average Bonchev–Trinajstić information content (AvgIpc) is 3.14. The van der Waals surface area contributed by atoms with Crippen molar-refractivity contribution in [3.05, 3.63) is 42.0 Å². The molecule has 0 saturated carbocycles. The van der Waals surface area contributed by atoms with Crippen LogP contribution in [0.2, 0.25) is 0 Å². The first-order valence-corrected chi connectivity index (χ1v) is 13.6. The number of ether oxygens (including phenoxy) is 1. The predicted molar refractivity (Wildman–Crippen MR) is 124 cm³/mol. The Morgan fingerprint density at radius 3 is 2.44 bits per heavy atom. The number of rotatable bonds is 6. The molecule has 2 heterocycles. The minimum Gasteiger partial charge on any atom is -0.495 e. The molecule has 1 aliphatic heterocycles. The minimum absolute atomic E-state index is 0.0117. The molecule has 12 heteroatoms. The summed E-state index contributed by atoms with van der Waals surface area (Å²) in [5.74, 6) is 0.227. The zero-order valence-corrected chi connectivity index (χ0v) is 20.3. The largest absolute Gasteiger partial charge is 0.495 e. The van der Waals surface area contributed by atoms with E-state index < -0.39 is 20.0 Å². The summed E-state index contributed by atoms with van der Waals surface area (Å²) in [7, 11) is -4.21. The summed E-state index contributed by atoms with van der Waals surface area (Å²) in [5, 5.41) is 0.151. The summed E-state index contributed by atoms with van der Waals surface area (Å²) in [6, 6.07) is 9.54. The van der Waals surface area contributed by atoms with Crippen LogP contribution in [-0.2, 0) is 20.0 Å². The van der Waals surface area contributed by atoms with E-state index in [0.717, 1.165) is 16.9 Å². The lowest BCUT2D eigenvalue weighted by molar-refractivity contribution is 0.222. The van der Waals surface area contributed by atoms with Crippen LogP contribution < -0.4 is 9.46 Å². The molecule has 0 bridgehead atoms. The van der Waals surface area contributed by atoms with E-state index >= 15 is 0 Å². The van der Waals surface area contributed by atoms with E-state index in [1.807, 2.05) is 7.05 Å². The number of fused-ring (bicyclic) bond motifs is 1. The van der Waals surface area contributed by atoms with Crippen LogP contribution in [0.15, 0.2) is 46.2 Å². The van der Waals surface area contributed by atoms with Gasteiger partial charge in [0.1, 0.15) is 10.6 Å². The monoisotopic (exact) mass is 496 g/mol. The van der Waals surface area contributed by atoms with Crippen molar-refractivity contribution in [2.75, 3.05) is 45.1 Å². The molecule has 0 unspecified atom stereocenters. The van der Waals surface area contributed by atoms with Crippen LogP contribution in [0.4, 0.5) is 5.13 Å². The standard InChI is InChI=1S/C20H24N4O5S3/c1-14-4-7-17(29-3)19(12-14)31(25,26)22-20-21-16-6-5-15(13-18(16)30-20)32(27,28)24-10-8-23(2)9-11-24/h4-7,12-13H,8-11H2,1-3H3,(H,21,22). The van der Waals surface area contributed by atoms with Gasteiger partial charge < -0.3 is 9.64 Å². The number of sulfonamides is 2. The molecule has 4 rings (SSSR count). The molecule has 1 N–H and O–H groups in total. The third-order valence-electron chi connectivity index (χ3n) is 5.29. The number of methoxy groups -OCH3 is 1. The summed E-state index contributed by atoms with van der Waals surface area (Å²) in [6.45, 7) is 4.01. The number of nitrogens with zero attached hydrogens (tertiary/aromatic N) is 3. The molecule has 1 aromatic heterocycles. The Hall–Kier alpha value is -2.25. The fourth-order valence-electron chi connectivity index (χ4n) is 3.45. The third-order valence-corrected chi connectivity index (χ3v) is 9.61. The van der Waals surface area contributed by atoms with Crippen molar-refractivity contribution in [1.29, 1.82) is 0 Å². The molecule has 1 saturated heterocycles. The highest BCUT2D eigenvalue weighted by Crippen LogP contribution is 2.32. The normalized spacial score (nSPS) is 16.3. The number of hydrogen-bond acceptors (Lipinski definition) is 8. The number of nitrogens with one attached hydrogen (secondary N) is 1. The fraction of sp³-hybridized carbons (Fsp3) is 0.350. The lowest BCUT2D eigenvalue weighted by atomic mass is 10.2. The number of aromatic nitrogens is 1. The van der Waals surface area contributed by atoms with Crippen LogP contribution in [-0.4, -0.2) is 71.4 Å². The molecule has 0 spiro atoms. The smallest absolute Gasteiger partial charge is 0.267 e. The summed E-state index contributed by atoms with van der Waals surface area (Å²) < 4.78 is 61.7. The molecule has 172 valence electrons. The molecule has 1 fully saturated rings. The molecule has 0 amide bonds. The van der Waals surface area contributed by atoms with Crippen LogP contribution in [0.3, 0.4) is 0 Å². The fourth-order valence-corrected chi connectivity index (χ4v) is 7.37. The maximum atomic E-state index is 13.0. The van der Waals surface area contributed by atoms with Gasteiger partial charge in [0, 0.05) is 26.2 Å². The third kappa shape index (κ3) is 4.46. The number of thiazole rings is 1. The Kier molecular flexibility index (Phi) is 6.16. The number of benzene rings is 2. The number of hydrogen-bond donors (Lipinski definition) is 1. The maximum Gasteiger partial charge on any atom is 0.267 e. The van der Waals surface area contributed by atoms with Crippen LogP contribution in [0.5, 0.6) is 5.75 Å². The Labute approximate surface area is 191 Å². The van der Waals surface area contributed by atoms with Gasteiger partial charge in [-0.1, -0.05) is 17.4 Å². The molecule has 0 atom stereocenters. The van der Waals surface area contributed by atoms with E-state index in [9.17, 15) is 16.8 Å². The Bertz CT molecular complexity index is 1360. The average molecular weight is 497 g/mol. The molecule has 1 aliphatic rings. The van der Waals surface area contributed by atoms with Gasteiger partial charge >= 0.3 is 0 Å². The minimum atomic E-state index is -3.95. The van der Waals surface area contributed by atoms with Crippen LogP contribution in [0, 0.1) is 6.92 Å². The van der Waals surface area contributed by atoms with Crippen molar-refractivity contribution in [2.45, 2.75) is 16.7 Å². The van der Waals surface area contributed by atoms with Gasteiger partial charge in [-0.25, -0.2) is 21.8 Å². The molecule has 0 radical (unpaired) electrons. The van der Waals surface area contributed by atoms with Crippen molar-refractivity contribution >= 4 is 46.7 Å². The van der Waals surface area contributed by atoms with Crippen LogP contribution in [0.25, 0.3) is 10.2 Å². The van der Waals surface area contributed by atoms with E-state index in [1.165, 1.54) is 23.5 Å². The Morgan fingerprint density at radius 2 is 1.75 bits per heavy atom. The summed E-state index contributed by atoms with van der Waals surface area (Å²) in [4.78, 5) is 6.59. The van der Waals surface area contributed by atoms with Gasteiger partial charge in [0.2, 0.25) is 10.0 Å². The second-order valence-corrected chi connectivity index (χ2v) is 12.2. The molecule has 3 aromatic rings. The van der Waals surface area contributed by atoms with E-state index in [1.54, 1.807) is 31.2 Å². The van der Waals surface area contributed by atoms with E-state index in [4.69, 9.17) is 4.74 Å². The van der Waals surface area contributed by atoms with Gasteiger partial charge in [0.15, 0.2) is 5.13 Å². The molecule has 2 aromatic carbocycles.